The van der Waals surface area contributed by atoms with Gasteiger partial charge in [0.05, 0.1) is 0 Å². The minimum atomic E-state index is -0.875. The quantitative estimate of drug-likeness (QED) is 0.755. The van der Waals surface area contributed by atoms with Gasteiger partial charge in [-0.15, -0.1) is 0 Å². The fourth-order valence-corrected chi connectivity index (χ4v) is 2.22. The van der Waals surface area contributed by atoms with Gasteiger partial charge in [-0.2, -0.15) is 0 Å². The minimum absolute atomic E-state index is 0.0949. The Kier molecular flexibility index (Phi) is 4.93. The Morgan fingerprint density at radius 3 is 2.43 bits per heavy atom. The van der Waals surface area contributed by atoms with E-state index in [9.17, 15) is 9.59 Å². The summed E-state index contributed by atoms with van der Waals surface area (Å²) in [6, 6.07) is 7.15. The van der Waals surface area contributed by atoms with Crippen LogP contribution >= 0.6 is 0 Å². The van der Waals surface area contributed by atoms with Gasteiger partial charge in [-0.1, -0.05) is 12.1 Å². The molecule has 1 aromatic carbocycles. The summed E-state index contributed by atoms with van der Waals surface area (Å²) in [4.78, 5) is 22.7. The van der Waals surface area contributed by atoms with Crippen LogP contribution in [0.4, 0.5) is 5.69 Å². The predicted molar refractivity (Wildman–Crippen MR) is 78.0 cm³/mol. The van der Waals surface area contributed by atoms with E-state index in [1.807, 2.05) is 12.1 Å². The van der Waals surface area contributed by atoms with Gasteiger partial charge < -0.3 is 20.9 Å². The van der Waals surface area contributed by atoms with Crippen molar-refractivity contribution in [3.8, 4) is 0 Å². The molecule has 0 saturated carbocycles. The Labute approximate surface area is 123 Å². The third-order valence-electron chi connectivity index (χ3n) is 3.68. The van der Waals surface area contributed by atoms with Gasteiger partial charge in [-0.25, -0.2) is 0 Å². The fraction of sp³-hybridized carbons (Fsp3) is 0.467. The molecule has 0 bridgehead atoms. The number of ether oxygens (including phenoxy) is 1. The smallest absolute Gasteiger partial charge is 0.303 e. The second-order valence-corrected chi connectivity index (χ2v) is 5.31. The van der Waals surface area contributed by atoms with Crippen LogP contribution < -0.4 is 11.1 Å². The summed E-state index contributed by atoms with van der Waals surface area (Å²) in [5, 5.41) is 11.4. The summed E-state index contributed by atoms with van der Waals surface area (Å²) in [6.07, 6.45) is 1.59. The molecule has 6 nitrogen and oxygen atoms in total. The number of hydrogen-bond donors (Lipinski definition) is 3. The molecule has 0 spiro atoms. The lowest BCUT2D eigenvalue weighted by atomic mass is 9.90. The highest BCUT2D eigenvalue weighted by Crippen LogP contribution is 2.20. The van der Waals surface area contributed by atoms with Crippen molar-refractivity contribution in [2.24, 2.45) is 5.73 Å². The SMILES string of the molecule is NC1(C(=O)Nc2ccc(CCC(=O)O)cc2)CCOCC1. The molecule has 1 aromatic rings. The molecule has 1 saturated heterocycles. The van der Waals surface area contributed by atoms with Crippen molar-refractivity contribution >= 4 is 17.6 Å². The van der Waals surface area contributed by atoms with E-state index in [4.69, 9.17) is 15.6 Å². The first-order valence-corrected chi connectivity index (χ1v) is 6.98. The molecule has 1 fully saturated rings. The zero-order chi connectivity index (χ0) is 15.3. The third kappa shape index (κ3) is 4.27. The standard InChI is InChI=1S/C15H20N2O4/c16-15(7-9-21-10-8-15)14(20)17-12-4-1-11(2-5-12)3-6-13(18)19/h1-2,4-5H,3,6-10,16H2,(H,17,20)(H,18,19). The summed E-state index contributed by atoms with van der Waals surface area (Å²) in [5.74, 6) is -1.03. The van der Waals surface area contributed by atoms with Gasteiger partial charge in [0, 0.05) is 25.3 Å². The van der Waals surface area contributed by atoms with Crippen molar-refractivity contribution in [2.75, 3.05) is 18.5 Å². The molecular weight excluding hydrogens is 272 g/mol. The summed E-state index contributed by atoms with van der Waals surface area (Å²) in [6.45, 7) is 0.996. The largest absolute Gasteiger partial charge is 0.481 e. The number of amides is 1. The van der Waals surface area contributed by atoms with E-state index in [2.05, 4.69) is 5.32 Å². The lowest BCUT2D eigenvalue weighted by Crippen LogP contribution is -2.54. The van der Waals surface area contributed by atoms with Crippen LogP contribution in [-0.2, 0) is 20.7 Å². The molecule has 1 aliphatic heterocycles. The molecule has 4 N–H and O–H groups in total. The van der Waals surface area contributed by atoms with Crippen molar-refractivity contribution in [1.29, 1.82) is 0 Å². The van der Waals surface area contributed by atoms with Gasteiger partial charge in [-0.3, -0.25) is 9.59 Å². The number of anilines is 1. The average molecular weight is 292 g/mol. The number of rotatable bonds is 5. The van der Waals surface area contributed by atoms with Gasteiger partial charge in [0.2, 0.25) is 5.91 Å². The summed E-state index contributed by atoms with van der Waals surface area (Å²) < 4.78 is 5.22. The summed E-state index contributed by atoms with van der Waals surface area (Å²) >= 11 is 0. The summed E-state index contributed by atoms with van der Waals surface area (Å²) in [5.41, 5.74) is 6.81. The van der Waals surface area contributed by atoms with Crippen LogP contribution in [0.25, 0.3) is 0 Å². The van der Waals surface area contributed by atoms with Crippen molar-refractivity contribution in [1.82, 2.24) is 0 Å². The monoisotopic (exact) mass is 292 g/mol. The number of nitrogens with two attached hydrogens (primary N) is 1. The van der Waals surface area contributed by atoms with Gasteiger partial charge in [0.15, 0.2) is 0 Å². The number of carboxylic acids is 1. The average Bonchev–Trinajstić information content (AvgIpc) is 2.47. The zero-order valence-electron chi connectivity index (χ0n) is 11.8. The molecule has 0 aromatic heterocycles. The van der Waals surface area contributed by atoms with Crippen molar-refractivity contribution < 1.29 is 19.4 Å². The first-order valence-electron chi connectivity index (χ1n) is 6.98. The first-order chi connectivity index (χ1) is 9.99. The highest BCUT2D eigenvalue weighted by molar-refractivity contribution is 5.98. The third-order valence-corrected chi connectivity index (χ3v) is 3.68. The Morgan fingerprint density at radius 2 is 1.86 bits per heavy atom. The van der Waals surface area contributed by atoms with Gasteiger partial charge in [-0.05, 0) is 37.0 Å². The molecule has 1 amide bonds. The lowest BCUT2D eigenvalue weighted by molar-refractivity contribution is -0.137. The molecule has 0 atom stereocenters. The molecule has 21 heavy (non-hydrogen) atoms. The maximum Gasteiger partial charge on any atom is 0.303 e. The maximum atomic E-state index is 12.2. The molecule has 0 aliphatic carbocycles. The normalized spacial score (nSPS) is 17.2. The molecule has 1 heterocycles. The van der Waals surface area contributed by atoms with E-state index in [-0.39, 0.29) is 12.3 Å². The first kappa shape index (κ1) is 15.5. The molecule has 0 radical (unpaired) electrons. The second kappa shape index (κ2) is 6.69. The van der Waals surface area contributed by atoms with E-state index in [1.165, 1.54) is 0 Å². The number of aryl methyl sites for hydroxylation is 1. The fourth-order valence-electron chi connectivity index (χ4n) is 2.22. The number of hydrogen-bond acceptors (Lipinski definition) is 4. The summed E-state index contributed by atoms with van der Waals surface area (Å²) in [7, 11) is 0. The molecule has 1 aliphatic rings. The molecular formula is C15H20N2O4. The number of carbonyl (C=O) groups is 2. The van der Waals surface area contributed by atoms with E-state index in [1.54, 1.807) is 12.1 Å². The Bertz CT molecular complexity index is 507. The maximum absolute atomic E-state index is 12.2. The van der Waals surface area contributed by atoms with Crippen molar-refractivity contribution in [3.05, 3.63) is 29.8 Å². The van der Waals surface area contributed by atoms with E-state index in [0.717, 1.165) is 5.56 Å². The Balaban J connectivity index is 1.93. The number of carbonyl (C=O) groups excluding carboxylic acids is 1. The number of aliphatic carboxylic acids is 1. The van der Waals surface area contributed by atoms with Crippen LogP contribution in [0, 0.1) is 0 Å². The van der Waals surface area contributed by atoms with Crippen LogP contribution in [0.1, 0.15) is 24.8 Å². The molecule has 0 unspecified atom stereocenters. The molecule has 6 heteroatoms. The van der Waals surface area contributed by atoms with Crippen LogP contribution in [0.5, 0.6) is 0 Å². The van der Waals surface area contributed by atoms with Crippen LogP contribution in [0.3, 0.4) is 0 Å². The Hall–Kier alpha value is -1.92. The van der Waals surface area contributed by atoms with E-state index in [0.29, 0.717) is 38.2 Å². The Morgan fingerprint density at radius 1 is 1.24 bits per heavy atom. The molecule has 114 valence electrons. The molecule has 2 rings (SSSR count). The van der Waals surface area contributed by atoms with Crippen LogP contribution in [-0.4, -0.2) is 35.7 Å². The lowest BCUT2D eigenvalue weighted by Gasteiger charge is -2.31. The van der Waals surface area contributed by atoms with Gasteiger partial charge in [0.25, 0.3) is 0 Å². The zero-order valence-corrected chi connectivity index (χ0v) is 11.8. The number of carboxylic acid groups (broad SMARTS) is 1. The topological polar surface area (TPSA) is 102 Å². The number of nitrogens with one attached hydrogen (secondary N) is 1. The van der Waals surface area contributed by atoms with Gasteiger partial charge >= 0.3 is 5.97 Å². The second-order valence-electron chi connectivity index (χ2n) is 5.31. The highest BCUT2D eigenvalue weighted by Gasteiger charge is 2.35. The van der Waals surface area contributed by atoms with E-state index >= 15 is 0 Å². The van der Waals surface area contributed by atoms with E-state index < -0.39 is 11.5 Å². The van der Waals surface area contributed by atoms with Crippen molar-refractivity contribution in [2.45, 2.75) is 31.2 Å². The number of benzene rings is 1. The van der Waals surface area contributed by atoms with Crippen LogP contribution in [0.15, 0.2) is 24.3 Å². The predicted octanol–water partition coefficient (Wildman–Crippen LogP) is 1.15. The van der Waals surface area contributed by atoms with Gasteiger partial charge in [0.1, 0.15) is 5.54 Å². The minimum Gasteiger partial charge on any atom is -0.481 e. The highest BCUT2D eigenvalue weighted by atomic mass is 16.5. The van der Waals surface area contributed by atoms with Crippen molar-refractivity contribution in [3.63, 3.8) is 0 Å². The van der Waals surface area contributed by atoms with Crippen LogP contribution in [0.2, 0.25) is 0 Å².